The number of nitriles is 1. The summed E-state index contributed by atoms with van der Waals surface area (Å²) in [7, 11) is 0. The SMILES string of the molecule is Cc1csc(Nc2cc(Br)cc(C#N)c2)n1. The lowest BCUT2D eigenvalue weighted by Crippen LogP contribution is -1.90. The van der Waals surface area contributed by atoms with Gasteiger partial charge in [-0.1, -0.05) is 15.9 Å². The summed E-state index contributed by atoms with van der Waals surface area (Å²) < 4.78 is 0.877. The predicted molar refractivity (Wildman–Crippen MR) is 69.0 cm³/mol. The van der Waals surface area contributed by atoms with Crippen molar-refractivity contribution in [2.24, 2.45) is 0 Å². The van der Waals surface area contributed by atoms with Crippen molar-refractivity contribution in [1.29, 1.82) is 5.26 Å². The van der Waals surface area contributed by atoms with E-state index in [1.807, 2.05) is 18.4 Å². The van der Waals surface area contributed by atoms with E-state index >= 15 is 0 Å². The normalized spacial score (nSPS) is 9.81. The number of benzene rings is 1. The molecule has 0 unspecified atom stereocenters. The third-order valence-electron chi connectivity index (χ3n) is 1.90. The van der Waals surface area contributed by atoms with Gasteiger partial charge in [0.2, 0.25) is 0 Å². The lowest BCUT2D eigenvalue weighted by molar-refractivity contribution is 1.26. The van der Waals surface area contributed by atoms with E-state index in [9.17, 15) is 0 Å². The first-order valence-corrected chi connectivity index (χ1v) is 6.24. The molecule has 0 saturated heterocycles. The van der Waals surface area contributed by atoms with Gasteiger partial charge in [0.05, 0.1) is 17.3 Å². The van der Waals surface area contributed by atoms with Crippen molar-refractivity contribution < 1.29 is 0 Å². The minimum atomic E-state index is 0.616. The van der Waals surface area contributed by atoms with Crippen LogP contribution >= 0.6 is 27.3 Å². The van der Waals surface area contributed by atoms with Crippen LogP contribution in [0.25, 0.3) is 0 Å². The number of halogens is 1. The van der Waals surface area contributed by atoms with Crippen LogP contribution in [-0.2, 0) is 0 Å². The van der Waals surface area contributed by atoms with Crippen molar-refractivity contribution in [1.82, 2.24) is 4.98 Å². The number of rotatable bonds is 2. The molecule has 1 N–H and O–H groups in total. The van der Waals surface area contributed by atoms with Crippen LogP contribution in [0.2, 0.25) is 0 Å². The van der Waals surface area contributed by atoms with Crippen LogP contribution < -0.4 is 5.32 Å². The molecule has 1 aromatic heterocycles. The molecule has 1 heterocycles. The van der Waals surface area contributed by atoms with Crippen molar-refractivity contribution >= 4 is 38.1 Å². The summed E-state index contributed by atoms with van der Waals surface area (Å²) in [5, 5.41) is 14.8. The Bertz CT molecular complexity index is 557. The second kappa shape index (κ2) is 4.64. The topological polar surface area (TPSA) is 48.7 Å². The fourth-order valence-corrected chi connectivity index (χ4v) is 2.46. The quantitative estimate of drug-likeness (QED) is 0.915. The molecular weight excluding hydrogens is 286 g/mol. The zero-order valence-electron chi connectivity index (χ0n) is 8.49. The predicted octanol–water partition coefficient (Wildman–Crippen LogP) is 3.83. The summed E-state index contributed by atoms with van der Waals surface area (Å²) in [6.07, 6.45) is 0. The fourth-order valence-electron chi connectivity index (χ4n) is 1.26. The summed E-state index contributed by atoms with van der Waals surface area (Å²) in [4.78, 5) is 4.30. The summed E-state index contributed by atoms with van der Waals surface area (Å²) in [6, 6.07) is 7.60. The van der Waals surface area contributed by atoms with E-state index in [4.69, 9.17) is 5.26 Å². The Labute approximate surface area is 106 Å². The van der Waals surface area contributed by atoms with Gasteiger partial charge in [0.25, 0.3) is 0 Å². The molecule has 0 saturated carbocycles. The van der Waals surface area contributed by atoms with E-state index in [-0.39, 0.29) is 0 Å². The van der Waals surface area contributed by atoms with E-state index in [0.29, 0.717) is 5.56 Å². The lowest BCUT2D eigenvalue weighted by atomic mass is 10.2. The minimum absolute atomic E-state index is 0.616. The summed E-state index contributed by atoms with van der Waals surface area (Å²) in [5.41, 5.74) is 2.47. The summed E-state index contributed by atoms with van der Waals surface area (Å²) >= 11 is 4.91. The number of aromatic nitrogens is 1. The molecular formula is C11H8BrN3S. The summed E-state index contributed by atoms with van der Waals surface area (Å²) in [5.74, 6) is 0. The molecule has 0 bridgehead atoms. The van der Waals surface area contributed by atoms with Crippen molar-refractivity contribution in [3.05, 3.63) is 39.3 Å². The molecule has 5 heteroatoms. The molecule has 2 aromatic rings. The van der Waals surface area contributed by atoms with E-state index < -0.39 is 0 Å². The van der Waals surface area contributed by atoms with Gasteiger partial charge in [-0.15, -0.1) is 11.3 Å². The fraction of sp³-hybridized carbons (Fsp3) is 0.0909. The van der Waals surface area contributed by atoms with Crippen LogP contribution in [0.15, 0.2) is 28.1 Å². The zero-order valence-corrected chi connectivity index (χ0v) is 10.9. The highest BCUT2D eigenvalue weighted by atomic mass is 79.9. The first-order chi connectivity index (χ1) is 7.67. The Kier molecular flexibility index (Phi) is 3.22. The van der Waals surface area contributed by atoms with Crippen molar-refractivity contribution in [2.45, 2.75) is 6.92 Å². The molecule has 3 nitrogen and oxygen atoms in total. The number of nitrogens with zero attached hydrogens (tertiary/aromatic N) is 2. The maximum atomic E-state index is 8.85. The Hall–Kier alpha value is -1.38. The standard InChI is InChI=1S/C11H8BrN3S/c1-7-6-16-11(14-7)15-10-3-8(5-13)2-9(12)4-10/h2-4,6H,1H3,(H,14,15). The smallest absolute Gasteiger partial charge is 0.187 e. The number of aryl methyl sites for hydroxylation is 1. The number of hydrogen-bond donors (Lipinski definition) is 1. The van der Waals surface area contributed by atoms with Gasteiger partial charge in [-0.2, -0.15) is 5.26 Å². The first kappa shape index (κ1) is 11.1. The molecule has 0 radical (unpaired) electrons. The Morgan fingerprint density at radius 2 is 2.25 bits per heavy atom. The van der Waals surface area contributed by atoms with Gasteiger partial charge in [0.1, 0.15) is 0 Å². The van der Waals surface area contributed by atoms with Gasteiger partial charge >= 0.3 is 0 Å². The van der Waals surface area contributed by atoms with Gasteiger partial charge in [-0.25, -0.2) is 4.98 Å². The highest BCUT2D eigenvalue weighted by Gasteiger charge is 2.02. The largest absolute Gasteiger partial charge is 0.331 e. The van der Waals surface area contributed by atoms with Gasteiger partial charge in [0.15, 0.2) is 5.13 Å². The van der Waals surface area contributed by atoms with Crippen LogP contribution in [0.5, 0.6) is 0 Å². The van der Waals surface area contributed by atoms with Crippen LogP contribution in [0, 0.1) is 18.3 Å². The summed E-state index contributed by atoms with van der Waals surface area (Å²) in [6.45, 7) is 1.95. The second-order valence-electron chi connectivity index (χ2n) is 3.26. The van der Waals surface area contributed by atoms with E-state index in [1.54, 1.807) is 23.5 Å². The Morgan fingerprint density at radius 1 is 1.44 bits per heavy atom. The molecule has 0 aliphatic carbocycles. The Balaban J connectivity index is 2.28. The molecule has 0 aliphatic rings. The maximum absolute atomic E-state index is 8.85. The van der Waals surface area contributed by atoms with Crippen molar-refractivity contribution in [2.75, 3.05) is 5.32 Å². The molecule has 1 aromatic carbocycles. The third-order valence-corrected chi connectivity index (χ3v) is 3.23. The number of nitrogens with one attached hydrogen (secondary N) is 1. The highest BCUT2D eigenvalue weighted by molar-refractivity contribution is 9.10. The van der Waals surface area contributed by atoms with Crippen molar-refractivity contribution in [3.63, 3.8) is 0 Å². The van der Waals surface area contributed by atoms with Crippen molar-refractivity contribution in [3.8, 4) is 6.07 Å². The minimum Gasteiger partial charge on any atom is -0.331 e. The number of anilines is 2. The second-order valence-corrected chi connectivity index (χ2v) is 5.03. The van der Waals surface area contributed by atoms with Crippen LogP contribution in [0.1, 0.15) is 11.3 Å². The van der Waals surface area contributed by atoms with Gasteiger partial charge < -0.3 is 5.32 Å². The number of hydrogen-bond acceptors (Lipinski definition) is 4. The lowest BCUT2D eigenvalue weighted by Gasteiger charge is -2.03. The molecule has 0 spiro atoms. The van der Waals surface area contributed by atoms with Crippen LogP contribution in [-0.4, -0.2) is 4.98 Å². The Morgan fingerprint density at radius 3 is 2.88 bits per heavy atom. The molecule has 16 heavy (non-hydrogen) atoms. The van der Waals surface area contributed by atoms with E-state index in [1.165, 1.54) is 0 Å². The third kappa shape index (κ3) is 2.60. The molecule has 0 aliphatic heterocycles. The van der Waals surface area contributed by atoms with Gasteiger partial charge in [0, 0.05) is 15.5 Å². The first-order valence-electron chi connectivity index (χ1n) is 4.57. The van der Waals surface area contributed by atoms with Gasteiger partial charge in [-0.05, 0) is 25.1 Å². The molecule has 2 rings (SSSR count). The molecule has 0 atom stereocenters. The molecule has 80 valence electrons. The highest BCUT2D eigenvalue weighted by Crippen LogP contribution is 2.24. The average molecular weight is 294 g/mol. The van der Waals surface area contributed by atoms with Crippen LogP contribution in [0.3, 0.4) is 0 Å². The average Bonchev–Trinajstić information content (AvgIpc) is 2.63. The van der Waals surface area contributed by atoms with Gasteiger partial charge in [-0.3, -0.25) is 0 Å². The van der Waals surface area contributed by atoms with Crippen LogP contribution in [0.4, 0.5) is 10.8 Å². The maximum Gasteiger partial charge on any atom is 0.187 e. The number of thiazole rings is 1. The zero-order chi connectivity index (χ0) is 11.5. The molecule has 0 fully saturated rings. The van der Waals surface area contributed by atoms with E-state index in [0.717, 1.165) is 21.0 Å². The molecule has 0 amide bonds. The monoisotopic (exact) mass is 293 g/mol. The van der Waals surface area contributed by atoms with E-state index in [2.05, 4.69) is 32.3 Å².